The molecule has 0 aliphatic heterocycles. The fourth-order valence-electron chi connectivity index (χ4n) is 3.25. The SMILES string of the molecule is COc1ccc(C(=O)NC(=S)Nc2ccc3oc(-c4cccc(C)c4C)nc3c2)cc1Br. The molecule has 0 spiro atoms. The van der Waals surface area contributed by atoms with Crippen LogP contribution in [0, 0.1) is 13.8 Å². The molecule has 162 valence electrons. The highest BCUT2D eigenvalue weighted by atomic mass is 79.9. The number of thiocarbonyl (C=S) groups is 1. The summed E-state index contributed by atoms with van der Waals surface area (Å²) in [6.45, 7) is 4.11. The molecule has 1 aromatic heterocycles. The second-order valence-electron chi connectivity index (χ2n) is 7.21. The van der Waals surface area contributed by atoms with Crippen LogP contribution in [0.3, 0.4) is 0 Å². The summed E-state index contributed by atoms with van der Waals surface area (Å²) in [7, 11) is 1.57. The quantitative estimate of drug-likeness (QED) is 0.328. The van der Waals surface area contributed by atoms with Gasteiger partial charge in [0, 0.05) is 16.8 Å². The third kappa shape index (κ3) is 4.51. The molecule has 8 heteroatoms. The molecule has 1 amide bonds. The van der Waals surface area contributed by atoms with Crippen molar-refractivity contribution in [3.05, 3.63) is 75.8 Å². The Kier molecular flexibility index (Phi) is 6.25. The number of anilines is 1. The molecule has 0 bridgehead atoms. The van der Waals surface area contributed by atoms with Crippen LogP contribution in [0.15, 0.2) is 63.5 Å². The Hall–Kier alpha value is -3.23. The Morgan fingerprint density at radius 3 is 2.69 bits per heavy atom. The lowest BCUT2D eigenvalue weighted by molar-refractivity contribution is 0.0977. The maximum Gasteiger partial charge on any atom is 0.257 e. The third-order valence-electron chi connectivity index (χ3n) is 5.12. The van der Waals surface area contributed by atoms with Gasteiger partial charge in [-0.1, -0.05) is 12.1 Å². The summed E-state index contributed by atoms with van der Waals surface area (Å²) < 4.78 is 11.8. The molecule has 0 aliphatic rings. The van der Waals surface area contributed by atoms with Crippen molar-refractivity contribution >= 4 is 56.0 Å². The second kappa shape index (κ2) is 9.10. The highest BCUT2D eigenvalue weighted by Crippen LogP contribution is 2.29. The predicted molar refractivity (Wildman–Crippen MR) is 133 cm³/mol. The van der Waals surface area contributed by atoms with Crippen molar-refractivity contribution in [2.24, 2.45) is 0 Å². The smallest absolute Gasteiger partial charge is 0.257 e. The number of hydrogen-bond acceptors (Lipinski definition) is 5. The summed E-state index contributed by atoms with van der Waals surface area (Å²) in [5.74, 6) is 0.883. The summed E-state index contributed by atoms with van der Waals surface area (Å²) in [4.78, 5) is 17.1. The molecule has 6 nitrogen and oxygen atoms in total. The molecule has 0 saturated carbocycles. The number of nitrogens with zero attached hydrogens (tertiary/aromatic N) is 1. The number of amides is 1. The fraction of sp³-hybridized carbons (Fsp3) is 0.125. The monoisotopic (exact) mass is 509 g/mol. The van der Waals surface area contributed by atoms with Crippen LogP contribution in [-0.2, 0) is 0 Å². The minimum absolute atomic E-state index is 0.180. The zero-order valence-corrected chi connectivity index (χ0v) is 20.1. The van der Waals surface area contributed by atoms with E-state index in [0.29, 0.717) is 38.5 Å². The number of halogens is 1. The first-order valence-corrected chi connectivity index (χ1v) is 11.0. The van der Waals surface area contributed by atoms with Gasteiger partial charge in [0.2, 0.25) is 5.89 Å². The number of aryl methyl sites for hydroxylation is 1. The van der Waals surface area contributed by atoms with E-state index in [1.165, 1.54) is 5.56 Å². The molecule has 0 atom stereocenters. The summed E-state index contributed by atoms with van der Waals surface area (Å²) >= 11 is 8.68. The van der Waals surface area contributed by atoms with E-state index in [4.69, 9.17) is 21.4 Å². The highest BCUT2D eigenvalue weighted by molar-refractivity contribution is 9.10. The fourth-order valence-corrected chi connectivity index (χ4v) is 4.00. The lowest BCUT2D eigenvalue weighted by Gasteiger charge is -2.10. The van der Waals surface area contributed by atoms with Gasteiger partial charge in [-0.2, -0.15) is 0 Å². The molecule has 0 fully saturated rings. The van der Waals surface area contributed by atoms with Gasteiger partial charge in [0.15, 0.2) is 10.7 Å². The second-order valence-corrected chi connectivity index (χ2v) is 8.47. The minimum Gasteiger partial charge on any atom is -0.496 e. The molecule has 3 aromatic carbocycles. The number of aromatic nitrogens is 1. The molecule has 0 saturated heterocycles. The van der Waals surface area contributed by atoms with E-state index in [9.17, 15) is 4.79 Å². The van der Waals surface area contributed by atoms with Gasteiger partial charge in [-0.05, 0) is 95.6 Å². The predicted octanol–water partition coefficient (Wildman–Crippen LogP) is 6.01. The molecular formula is C24H20BrN3O3S. The van der Waals surface area contributed by atoms with Crippen molar-refractivity contribution in [1.29, 1.82) is 0 Å². The van der Waals surface area contributed by atoms with Crippen LogP contribution >= 0.6 is 28.1 Å². The first kappa shape index (κ1) is 22.0. The topological polar surface area (TPSA) is 76.4 Å². The van der Waals surface area contributed by atoms with Crippen LogP contribution in [0.25, 0.3) is 22.6 Å². The van der Waals surface area contributed by atoms with Crippen LogP contribution < -0.4 is 15.4 Å². The maximum atomic E-state index is 12.5. The zero-order valence-electron chi connectivity index (χ0n) is 17.7. The average Bonchev–Trinajstić information content (AvgIpc) is 3.18. The van der Waals surface area contributed by atoms with Crippen molar-refractivity contribution in [2.45, 2.75) is 13.8 Å². The van der Waals surface area contributed by atoms with Gasteiger partial charge in [-0.3, -0.25) is 10.1 Å². The van der Waals surface area contributed by atoms with Gasteiger partial charge in [-0.25, -0.2) is 4.98 Å². The van der Waals surface area contributed by atoms with Crippen LogP contribution in [-0.4, -0.2) is 23.1 Å². The van der Waals surface area contributed by atoms with Crippen molar-refractivity contribution in [3.63, 3.8) is 0 Å². The normalized spacial score (nSPS) is 10.8. The summed E-state index contributed by atoms with van der Waals surface area (Å²) in [6.07, 6.45) is 0. The minimum atomic E-state index is -0.328. The van der Waals surface area contributed by atoms with E-state index in [-0.39, 0.29) is 11.0 Å². The molecule has 1 heterocycles. The van der Waals surface area contributed by atoms with Crippen molar-refractivity contribution in [1.82, 2.24) is 10.3 Å². The van der Waals surface area contributed by atoms with Crippen molar-refractivity contribution < 1.29 is 13.9 Å². The van der Waals surface area contributed by atoms with E-state index < -0.39 is 0 Å². The summed E-state index contributed by atoms with van der Waals surface area (Å²) in [5.41, 5.74) is 5.78. The van der Waals surface area contributed by atoms with Gasteiger partial charge in [0.05, 0.1) is 11.6 Å². The summed E-state index contributed by atoms with van der Waals surface area (Å²) in [6, 6.07) is 16.6. The number of fused-ring (bicyclic) bond motifs is 1. The number of hydrogen-bond donors (Lipinski definition) is 2. The third-order valence-corrected chi connectivity index (χ3v) is 5.95. The molecule has 0 radical (unpaired) electrons. The van der Waals surface area contributed by atoms with Gasteiger partial charge < -0.3 is 14.5 Å². The number of methoxy groups -OCH3 is 1. The first-order chi connectivity index (χ1) is 15.4. The van der Waals surface area contributed by atoms with Crippen LogP contribution in [0.2, 0.25) is 0 Å². The van der Waals surface area contributed by atoms with E-state index in [0.717, 1.165) is 11.1 Å². The molecule has 4 aromatic rings. The molecule has 2 N–H and O–H groups in total. The average molecular weight is 510 g/mol. The number of oxazole rings is 1. The molecule has 0 unspecified atom stereocenters. The Balaban J connectivity index is 1.49. The molecule has 4 rings (SSSR count). The molecule has 0 aliphatic carbocycles. The van der Waals surface area contributed by atoms with Crippen LogP contribution in [0.5, 0.6) is 5.75 Å². The maximum absolute atomic E-state index is 12.5. The Labute approximate surface area is 199 Å². The van der Waals surface area contributed by atoms with Crippen LogP contribution in [0.1, 0.15) is 21.5 Å². The Morgan fingerprint density at radius 1 is 1.12 bits per heavy atom. The highest BCUT2D eigenvalue weighted by Gasteiger charge is 2.14. The van der Waals surface area contributed by atoms with E-state index in [1.807, 2.05) is 30.3 Å². The van der Waals surface area contributed by atoms with Gasteiger partial charge in [-0.15, -0.1) is 0 Å². The largest absolute Gasteiger partial charge is 0.496 e. The standard InChI is InChI=1S/C24H20BrN3O3S/c1-13-5-4-6-17(14(13)2)23-27-19-12-16(8-10-21(19)31-23)26-24(32)28-22(29)15-7-9-20(30-3)18(25)11-15/h4-12H,1-3H3,(H2,26,28,29,32). The van der Waals surface area contributed by atoms with E-state index in [2.05, 4.69) is 51.5 Å². The van der Waals surface area contributed by atoms with Crippen molar-refractivity contribution in [2.75, 3.05) is 12.4 Å². The Morgan fingerprint density at radius 2 is 1.94 bits per heavy atom. The van der Waals surface area contributed by atoms with Crippen LogP contribution in [0.4, 0.5) is 5.69 Å². The van der Waals surface area contributed by atoms with E-state index in [1.54, 1.807) is 25.3 Å². The van der Waals surface area contributed by atoms with Gasteiger partial charge in [0.1, 0.15) is 11.3 Å². The molecular weight excluding hydrogens is 490 g/mol. The van der Waals surface area contributed by atoms with Crippen molar-refractivity contribution in [3.8, 4) is 17.2 Å². The van der Waals surface area contributed by atoms with Gasteiger partial charge >= 0.3 is 0 Å². The first-order valence-electron chi connectivity index (χ1n) is 9.79. The number of carbonyl (C=O) groups is 1. The lowest BCUT2D eigenvalue weighted by Crippen LogP contribution is -2.34. The van der Waals surface area contributed by atoms with E-state index >= 15 is 0 Å². The zero-order chi connectivity index (χ0) is 22.8. The number of nitrogens with one attached hydrogen (secondary N) is 2. The summed E-state index contributed by atoms with van der Waals surface area (Å²) in [5, 5.41) is 5.88. The van der Waals surface area contributed by atoms with Gasteiger partial charge in [0.25, 0.3) is 5.91 Å². The lowest BCUT2D eigenvalue weighted by atomic mass is 10.0. The number of ether oxygens (including phenoxy) is 1. The number of carbonyl (C=O) groups excluding carboxylic acids is 1. The Bertz CT molecular complexity index is 1350. The molecule has 32 heavy (non-hydrogen) atoms. The number of benzene rings is 3. The number of rotatable bonds is 4.